The molecule has 1 heterocycles. The van der Waals surface area contributed by atoms with Crippen LogP contribution in [0.2, 0.25) is 0 Å². The lowest BCUT2D eigenvalue weighted by Gasteiger charge is -2.45. The van der Waals surface area contributed by atoms with Crippen LogP contribution < -0.4 is 4.74 Å². The molecule has 0 bridgehead atoms. The van der Waals surface area contributed by atoms with Crippen molar-refractivity contribution >= 4 is 0 Å². The number of ether oxygens (including phenoxy) is 1. The van der Waals surface area contributed by atoms with E-state index in [0.717, 1.165) is 37.2 Å². The van der Waals surface area contributed by atoms with Crippen LogP contribution in [0.4, 0.5) is 0 Å². The number of aliphatic hydroxyl groups excluding tert-OH is 1. The van der Waals surface area contributed by atoms with E-state index >= 15 is 0 Å². The molecule has 1 fully saturated rings. The summed E-state index contributed by atoms with van der Waals surface area (Å²) >= 11 is 0. The van der Waals surface area contributed by atoms with E-state index < -0.39 is 6.10 Å². The number of fused-ring (bicyclic) bond motifs is 1. The van der Waals surface area contributed by atoms with E-state index in [2.05, 4.69) is 24.8 Å². The molecule has 2 atom stereocenters. The average Bonchev–Trinajstić information content (AvgIpc) is 2.46. The highest BCUT2D eigenvalue weighted by atomic mass is 16.5. The third-order valence-corrected chi connectivity index (χ3v) is 5.14. The molecule has 1 aliphatic carbocycles. The lowest BCUT2D eigenvalue weighted by atomic mass is 9.80. The molecule has 1 N–H and O–H groups in total. The summed E-state index contributed by atoms with van der Waals surface area (Å²) in [6.45, 7) is 6.88. The van der Waals surface area contributed by atoms with Crippen molar-refractivity contribution in [2.75, 3.05) is 20.2 Å². The van der Waals surface area contributed by atoms with E-state index in [1.54, 1.807) is 7.11 Å². The zero-order valence-electron chi connectivity index (χ0n) is 13.4. The van der Waals surface area contributed by atoms with Crippen LogP contribution in [0.15, 0.2) is 18.2 Å². The van der Waals surface area contributed by atoms with Crippen LogP contribution in [-0.2, 0) is 6.42 Å². The Balaban J connectivity index is 1.82. The van der Waals surface area contributed by atoms with Crippen molar-refractivity contribution < 1.29 is 9.84 Å². The topological polar surface area (TPSA) is 32.7 Å². The second kappa shape index (κ2) is 5.62. The van der Waals surface area contributed by atoms with E-state index in [-0.39, 0.29) is 6.04 Å². The van der Waals surface area contributed by atoms with E-state index in [1.807, 2.05) is 12.1 Å². The number of aryl methyl sites for hydroxylation is 1. The third kappa shape index (κ3) is 2.95. The maximum absolute atomic E-state index is 10.9. The Bertz CT molecular complexity index is 512. The molecule has 2 unspecified atom stereocenters. The second-order valence-electron chi connectivity index (χ2n) is 7.35. The first-order valence-corrected chi connectivity index (χ1v) is 8.09. The standard InChI is InChI=1S/C18H27NO2/c1-18(2)9-4-10-19(12-18)16-8-6-13-5-7-14(21-3)11-15(13)17(16)20/h5,7,11,16-17,20H,4,6,8-10,12H2,1-3H3. The van der Waals surface area contributed by atoms with Gasteiger partial charge in [0.05, 0.1) is 13.2 Å². The molecule has 0 radical (unpaired) electrons. The Morgan fingerprint density at radius 2 is 2.14 bits per heavy atom. The van der Waals surface area contributed by atoms with E-state index in [4.69, 9.17) is 4.74 Å². The summed E-state index contributed by atoms with van der Waals surface area (Å²) in [4.78, 5) is 2.51. The van der Waals surface area contributed by atoms with Crippen LogP contribution >= 0.6 is 0 Å². The second-order valence-corrected chi connectivity index (χ2v) is 7.35. The van der Waals surface area contributed by atoms with Crippen molar-refractivity contribution in [2.45, 2.75) is 51.7 Å². The van der Waals surface area contributed by atoms with Crippen molar-refractivity contribution in [3.63, 3.8) is 0 Å². The quantitative estimate of drug-likeness (QED) is 0.907. The highest BCUT2D eigenvalue weighted by Gasteiger charge is 2.36. The van der Waals surface area contributed by atoms with Crippen molar-refractivity contribution in [1.29, 1.82) is 0 Å². The Hall–Kier alpha value is -1.06. The predicted molar refractivity (Wildman–Crippen MR) is 84.7 cm³/mol. The Morgan fingerprint density at radius 1 is 1.33 bits per heavy atom. The summed E-state index contributed by atoms with van der Waals surface area (Å²) < 4.78 is 5.32. The summed E-state index contributed by atoms with van der Waals surface area (Å²) in [6, 6.07) is 6.37. The first-order valence-electron chi connectivity index (χ1n) is 8.09. The van der Waals surface area contributed by atoms with Crippen LogP contribution in [0.5, 0.6) is 5.75 Å². The van der Waals surface area contributed by atoms with Gasteiger partial charge in [0, 0.05) is 12.6 Å². The fraction of sp³-hybridized carbons (Fsp3) is 0.667. The molecule has 1 aliphatic heterocycles. The molecule has 3 rings (SSSR count). The molecule has 0 spiro atoms. The van der Waals surface area contributed by atoms with Crippen LogP contribution in [-0.4, -0.2) is 36.2 Å². The summed E-state index contributed by atoms with van der Waals surface area (Å²) in [5, 5.41) is 10.9. The summed E-state index contributed by atoms with van der Waals surface area (Å²) in [6.07, 6.45) is 4.24. The lowest BCUT2D eigenvalue weighted by Crippen LogP contribution is -2.49. The van der Waals surface area contributed by atoms with Gasteiger partial charge >= 0.3 is 0 Å². The Kier molecular flexibility index (Phi) is 3.98. The predicted octanol–water partition coefficient (Wildman–Crippen LogP) is 3.17. The molecule has 0 amide bonds. The summed E-state index contributed by atoms with van der Waals surface area (Å²) in [5.74, 6) is 0.840. The molecule has 3 heteroatoms. The van der Waals surface area contributed by atoms with Gasteiger partial charge in [-0.05, 0) is 60.9 Å². The van der Waals surface area contributed by atoms with Crippen molar-refractivity contribution in [1.82, 2.24) is 4.90 Å². The zero-order valence-corrected chi connectivity index (χ0v) is 13.4. The lowest BCUT2D eigenvalue weighted by molar-refractivity contribution is -0.00358. The number of likely N-dealkylation sites (tertiary alicyclic amines) is 1. The highest BCUT2D eigenvalue weighted by molar-refractivity contribution is 5.39. The van der Waals surface area contributed by atoms with E-state index in [0.29, 0.717) is 5.41 Å². The van der Waals surface area contributed by atoms with Gasteiger partial charge in [0.1, 0.15) is 5.75 Å². The first-order chi connectivity index (χ1) is 10.00. The number of benzene rings is 1. The van der Waals surface area contributed by atoms with Gasteiger partial charge in [-0.15, -0.1) is 0 Å². The summed E-state index contributed by atoms with van der Waals surface area (Å²) in [5.41, 5.74) is 2.71. The SMILES string of the molecule is COc1ccc2c(c1)C(O)C(N1CCCC(C)(C)C1)CC2. The van der Waals surface area contributed by atoms with Crippen molar-refractivity contribution in [3.8, 4) is 5.75 Å². The fourth-order valence-corrected chi connectivity index (χ4v) is 4.01. The van der Waals surface area contributed by atoms with Gasteiger partial charge < -0.3 is 9.84 Å². The third-order valence-electron chi connectivity index (χ3n) is 5.14. The van der Waals surface area contributed by atoms with Gasteiger partial charge in [-0.2, -0.15) is 0 Å². The van der Waals surface area contributed by atoms with E-state index in [9.17, 15) is 5.11 Å². The largest absolute Gasteiger partial charge is 0.497 e. The monoisotopic (exact) mass is 289 g/mol. The molecule has 0 saturated carbocycles. The highest BCUT2D eigenvalue weighted by Crippen LogP contribution is 2.38. The number of nitrogens with zero attached hydrogens (tertiary/aromatic N) is 1. The van der Waals surface area contributed by atoms with Crippen LogP contribution in [0.1, 0.15) is 50.3 Å². The molecule has 116 valence electrons. The minimum atomic E-state index is -0.391. The van der Waals surface area contributed by atoms with Gasteiger partial charge in [0.15, 0.2) is 0 Å². The van der Waals surface area contributed by atoms with Crippen molar-refractivity contribution in [3.05, 3.63) is 29.3 Å². The molecular formula is C18H27NO2. The first kappa shape index (κ1) is 14.9. The van der Waals surface area contributed by atoms with Gasteiger partial charge in [0.2, 0.25) is 0 Å². The minimum Gasteiger partial charge on any atom is -0.497 e. The molecule has 2 aliphatic rings. The number of methoxy groups -OCH3 is 1. The molecule has 1 saturated heterocycles. The molecule has 0 aromatic heterocycles. The minimum absolute atomic E-state index is 0.254. The van der Waals surface area contributed by atoms with Gasteiger partial charge in [-0.25, -0.2) is 0 Å². The van der Waals surface area contributed by atoms with Crippen LogP contribution in [0.3, 0.4) is 0 Å². The maximum atomic E-state index is 10.9. The zero-order chi connectivity index (χ0) is 15.0. The average molecular weight is 289 g/mol. The van der Waals surface area contributed by atoms with Crippen LogP contribution in [0, 0.1) is 5.41 Å². The molecular weight excluding hydrogens is 262 g/mol. The molecule has 21 heavy (non-hydrogen) atoms. The molecule has 1 aromatic rings. The Labute approximate surface area is 127 Å². The smallest absolute Gasteiger partial charge is 0.119 e. The van der Waals surface area contributed by atoms with Crippen LogP contribution in [0.25, 0.3) is 0 Å². The summed E-state index contributed by atoms with van der Waals surface area (Å²) in [7, 11) is 1.68. The number of aliphatic hydroxyl groups is 1. The van der Waals surface area contributed by atoms with Gasteiger partial charge in [0.25, 0.3) is 0 Å². The normalized spacial score (nSPS) is 29.0. The Morgan fingerprint density at radius 3 is 2.86 bits per heavy atom. The number of piperidine rings is 1. The fourth-order valence-electron chi connectivity index (χ4n) is 4.01. The van der Waals surface area contributed by atoms with E-state index in [1.165, 1.54) is 18.4 Å². The van der Waals surface area contributed by atoms with Crippen molar-refractivity contribution in [2.24, 2.45) is 5.41 Å². The maximum Gasteiger partial charge on any atom is 0.119 e. The van der Waals surface area contributed by atoms with Gasteiger partial charge in [-0.1, -0.05) is 19.9 Å². The van der Waals surface area contributed by atoms with Gasteiger partial charge in [-0.3, -0.25) is 4.90 Å². The number of hydrogen-bond donors (Lipinski definition) is 1. The number of hydrogen-bond acceptors (Lipinski definition) is 3. The molecule has 1 aromatic carbocycles. The number of rotatable bonds is 2. The molecule has 3 nitrogen and oxygen atoms in total.